The maximum atomic E-state index is 5.52. The van der Waals surface area contributed by atoms with Crippen molar-refractivity contribution in [2.24, 2.45) is 5.73 Å². The number of rotatable bonds is 5. The van der Waals surface area contributed by atoms with Gasteiger partial charge in [0.2, 0.25) is 0 Å². The van der Waals surface area contributed by atoms with Crippen LogP contribution >= 0.6 is 11.3 Å². The lowest BCUT2D eigenvalue weighted by molar-refractivity contribution is 0.589. The number of nitrogens with two attached hydrogens (primary N) is 1. The lowest BCUT2D eigenvalue weighted by Gasteiger charge is -2.11. The molecule has 0 bridgehead atoms. The number of hydrogen-bond acceptors (Lipinski definition) is 2. The molecule has 0 aromatic carbocycles. The van der Waals surface area contributed by atoms with Crippen LogP contribution in [0.3, 0.4) is 0 Å². The van der Waals surface area contributed by atoms with E-state index in [1.807, 2.05) is 11.3 Å². The maximum absolute atomic E-state index is 5.52. The first-order valence-electron chi connectivity index (χ1n) is 5.04. The van der Waals surface area contributed by atoms with E-state index in [0.717, 1.165) is 18.9 Å². The molecule has 0 spiro atoms. The summed E-state index contributed by atoms with van der Waals surface area (Å²) < 4.78 is 0. The monoisotopic (exact) mass is 197 g/mol. The van der Waals surface area contributed by atoms with Gasteiger partial charge in [-0.15, -0.1) is 11.3 Å². The lowest BCUT2D eigenvalue weighted by Crippen LogP contribution is -2.02. The fourth-order valence-electron chi connectivity index (χ4n) is 1.58. The molecule has 2 heteroatoms. The highest BCUT2D eigenvalue weighted by Gasteiger charge is 2.10. The van der Waals surface area contributed by atoms with Crippen LogP contribution in [0.2, 0.25) is 0 Å². The second-order valence-electron chi connectivity index (χ2n) is 3.48. The Balaban J connectivity index is 2.56. The quantitative estimate of drug-likeness (QED) is 0.770. The van der Waals surface area contributed by atoms with Gasteiger partial charge in [0.05, 0.1) is 0 Å². The van der Waals surface area contributed by atoms with Crippen molar-refractivity contribution in [2.75, 3.05) is 6.54 Å². The predicted molar refractivity (Wildman–Crippen MR) is 60.4 cm³/mol. The SMILES string of the molecule is CCC(CCCN)c1ccc(C)s1. The van der Waals surface area contributed by atoms with Crippen LogP contribution in [0.25, 0.3) is 0 Å². The molecule has 74 valence electrons. The van der Waals surface area contributed by atoms with Crippen molar-refractivity contribution in [1.29, 1.82) is 0 Å². The molecule has 1 aromatic rings. The molecule has 0 radical (unpaired) electrons. The summed E-state index contributed by atoms with van der Waals surface area (Å²) in [6.07, 6.45) is 3.63. The molecule has 1 rings (SSSR count). The summed E-state index contributed by atoms with van der Waals surface area (Å²) in [5.74, 6) is 0.738. The van der Waals surface area contributed by atoms with Crippen LogP contribution in [-0.4, -0.2) is 6.54 Å². The molecule has 0 saturated carbocycles. The van der Waals surface area contributed by atoms with Gasteiger partial charge in [0, 0.05) is 9.75 Å². The van der Waals surface area contributed by atoms with Crippen molar-refractivity contribution in [1.82, 2.24) is 0 Å². The first-order chi connectivity index (χ1) is 6.27. The third kappa shape index (κ3) is 3.12. The Kier molecular flexibility index (Phi) is 4.46. The molecule has 2 N–H and O–H groups in total. The summed E-state index contributed by atoms with van der Waals surface area (Å²) in [5.41, 5.74) is 5.52. The zero-order chi connectivity index (χ0) is 9.68. The Labute approximate surface area is 85.0 Å². The average molecular weight is 197 g/mol. The van der Waals surface area contributed by atoms with Crippen molar-refractivity contribution in [3.05, 3.63) is 21.9 Å². The Bertz CT molecular complexity index is 242. The third-order valence-corrected chi connectivity index (χ3v) is 3.58. The summed E-state index contributed by atoms with van der Waals surface area (Å²) >= 11 is 1.93. The van der Waals surface area contributed by atoms with Gasteiger partial charge in [-0.05, 0) is 50.8 Å². The van der Waals surface area contributed by atoms with Crippen LogP contribution in [0.1, 0.15) is 41.9 Å². The minimum atomic E-state index is 0.738. The fourth-order valence-corrected chi connectivity index (χ4v) is 2.68. The second kappa shape index (κ2) is 5.40. The van der Waals surface area contributed by atoms with Crippen molar-refractivity contribution < 1.29 is 0 Å². The van der Waals surface area contributed by atoms with E-state index in [9.17, 15) is 0 Å². The van der Waals surface area contributed by atoms with Gasteiger partial charge in [0.1, 0.15) is 0 Å². The van der Waals surface area contributed by atoms with E-state index in [1.54, 1.807) is 0 Å². The molecule has 0 aliphatic carbocycles. The summed E-state index contributed by atoms with van der Waals surface area (Å²) in [6.45, 7) is 5.25. The predicted octanol–water partition coefficient (Wildman–Crippen LogP) is 3.29. The van der Waals surface area contributed by atoms with Gasteiger partial charge in [-0.25, -0.2) is 0 Å². The zero-order valence-corrected chi connectivity index (χ0v) is 9.36. The van der Waals surface area contributed by atoms with Gasteiger partial charge in [-0.3, -0.25) is 0 Å². The van der Waals surface area contributed by atoms with Crippen LogP contribution < -0.4 is 5.73 Å². The van der Waals surface area contributed by atoms with Gasteiger partial charge < -0.3 is 5.73 Å². The molecule has 0 aliphatic rings. The molecular formula is C11H19NS. The molecule has 13 heavy (non-hydrogen) atoms. The zero-order valence-electron chi connectivity index (χ0n) is 8.55. The lowest BCUT2D eigenvalue weighted by atomic mass is 9.99. The molecule has 0 fully saturated rings. The van der Waals surface area contributed by atoms with Gasteiger partial charge in [0.15, 0.2) is 0 Å². The molecule has 1 nitrogen and oxygen atoms in total. The molecule has 1 atom stereocenters. The maximum Gasteiger partial charge on any atom is 0.00789 e. The normalized spacial score (nSPS) is 13.2. The van der Waals surface area contributed by atoms with E-state index < -0.39 is 0 Å². The van der Waals surface area contributed by atoms with E-state index in [4.69, 9.17) is 5.73 Å². The summed E-state index contributed by atoms with van der Waals surface area (Å²) in [4.78, 5) is 2.95. The van der Waals surface area contributed by atoms with Gasteiger partial charge in [-0.2, -0.15) is 0 Å². The van der Waals surface area contributed by atoms with Gasteiger partial charge >= 0.3 is 0 Å². The van der Waals surface area contributed by atoms with Crippen molar-refractivity contribution >= 4 is 11.3 Å². The summed E-state index contributed by atoms with van der Waals surface area (Å²) in [5, 5.41) is 0. The largest absolute Gasteiger partial charge is 0.330 e. The minimum absolute atomic E-state index is 0.738. The number of aryl methyl sites for hydroxylation is 1. The van der Waals surface area contributed by atoms with Crippen molar-refractivity contribution in [3.63, 3.8) is 0 Å². The van der Waals surface area contributed by atoms with Crippen LogP contribution in [0.4, 0.5) is 0 Å². The molecular weight excluding hydrogens is 178 g/mol. The number of hydrogen-bond donors (Lipinski definition) is 1. The van der Waals surface area contributed by atoms with Gasteiger partial charge in [-0.1, -0.05) is 6.92 Å². The summed E-state index contributed by atoms with van der Waals surface area (Å²) in [7, 11) is 0. The molecule has 0 amide bonds. The topological polar surface area (TPSA) is 26.0 Å². The molecule has 0 aliphatic heterocycles. The Morgan fingerprint density at radius 3 is 2.69 bits per heavy atom. The highest BCUT2D eigenvalue weighted by molar-refractivity contribution is 7.12. The molecule has 1 aromatic heterocycles. The Hall–Kier alpha value is -0.340. The fraction of sp³-hybridized carbons (Fsp3) is 0.636. The highest BCUT2D eigenvalue weighted by atomic mass is 32.1. The molecule has 0 saturated heterocycles. The Morgan fingerprint density at radius 1 is 1.46 bits per heavy atom. The highest BCUT2D eigenvalue weighted by Crippen LogP contribution is 2.30. The summed E-state index contributed by atoms with van der Waals surface area (Å²) in [6, 6.07) is 4.48. The average Bonchev–Trinajstić information content (AvgIpc) is 2.54. The van der Waals surface area contributed by atoms with Crippen LogP contribution in [0.5, 0.6) is 0 Å². The third-order valence-electron chi connectivity index (χ3n) is 2.41. The van der Waals surface area contributed by atoms with Crippen molar-refractivity contribution in [2.45, 2.75) is 39.0 Å². The van der Waals surface area contributed by atoms with E-state index in [2.05, 4.69) is 26.0 Å². The van der Waals surface area contributed by atoms with E-state index >= 15 is 0 Å². The van der Waals surface area contributed by atoms with E-state index in [1.165, 1.54) is 22.6 Å². The van der Waals surface area contributed by atoms with Gasteiger partial charge in [0.25, 0.3) is 0 Å². The van der Waals surface area contributed by atoms with E-state index in [0.29, 0.717) is 0 Å². The Morgan fingerprint density at radius 2 is 2.23 bits per heavy atom. The van der Waals surface area contributed by atoms with E-state index in [-0.39, 0.29) is 0 Å². The van der Waals surface area contributed by atoms with Crippen molar-refractivity contribution in [3.8, 4) is 0 Å². The first-order valence-corrected chi connectivity index (χ1v) is 5.86. The molecule has 1 unspecified atom stereocenters. The standard InChI is InChI=1S/C11H19NS/c1-3-10(5-4-8-12)11-7-6-9(2)13-11/h6-7,10H,3-5,8,12H2,1-2H3. The van der Waals surface area contributed by atoms with Crippen LogP contribution in [0, 0.1) is 6.92 Å². The molecule has 1 heterocycles. The van der Waals surface area contributed by atoms with Crippen LogP contribution in [-0.2, 0) is 0 Å². The minimum Gasteiger partial charge on any atom is -0.330 e. The first kappa shape index (κ1) is 10.7. The number of thiophene rings is 1. The smallest absolute Gasteiger partial charge is 0.00789 e. The second-order valence-corrected chi connectivity index (χ2v) is 4.80. The van der Waals surface area contributed by atoms with Crippen LogP contribution in [0.15, 0.2) is 12.1 Å².